The van der Waals surface area contributed by atoms with Gasteiger partial charge >= 0.3 is 0 Å². The van der Waals surface area contributed by atoms with Crippen molar-refractivity contribution in [3.63, 3.8) is 0 Å². The van der Waals surface area contributed by atoms with Crippen LogP contribution in [0.3, 0.4) is 0 Å². The Hall–Kier alpha value is -0.380. The molecule has 1 aromatic heterocycles. The summed E-state index contributed by atoms with van der Waals surface area (Å²) in [7, 11) is 0. The van der Waals surface area contributed by atoms with Crippen molar-refractivity contribution in [1.82, 2.24) is 4.90 Å². The van der Waals surface area contributed by atoms with Crippen molar-refractivity contribution in [1.29, 1.82) is 0 Å². The summed E-state index contributed by atoms with van der Waals surface area (Å²) in [6, 6.07) is 3.33. The van der Waals surface area contributed by atoms with Crippen molar-refractivity contribution >= 4 is 11.3 Å². The van der Waals surface area contributed by atoms with Gasteiger partial charge < -0.3 is 5.73 Å². The molecule has 1 fully saturated rings. The largest absolute Gasteiger partial charge is 0.326 e. The standard InChI is InChI=1S/C14H22N2S/c15-12-4-2-1-3-5-13(12)16-8-6-14-11(10-16)7-9-17-14/h7,9,12-13H,1-6,8,10,15H2. The van der Waals surface area contributed by atoms with Crippen LogP contribution in [0.2, 0.25) is 0 Å². The molecule has 3 heteroatoms. The molecule has 0 amide bonds. The van der Waals surface area contributed by atoms with Crippen molar-refractivity contribution in [2.45, 2.75) is 57.2 Å². The van der Waals surface area contributed by atoms with Crippen LogP contribution in [0.4, 0.5) is 0 Å². The SMILES string of the molecule is NC1CCCCCC1N1CCc2sccc2C1. The highest BCUT2D eigenvalue weighted by Crippen LogP contribution is 2.29. The Morgan fingerprint density at radius 2 is 2.12 bits per heavy atom. The van der Waals surface area contributed by atoms with Crippen LogP contribution in [0, 0.1) is 0 Å². The van der Waals surface area contributed by atoms with Gasteiger partial charge in [0.2, 0.25) is 0 Å². The minimum Gasteiger partial charge on any atom is -0.326 e. The maximum absolute atomic E-state index is 6.37. The zero-order chi connectivity index (χ0) is 11.7. The lowest BCUT2D eigenvalue weighted by Crippen LogP contribution is -2.48. The van der Waals surface area contributed by atoms with E-state index < -0.39 is 0 Å². The van der Waals surface area contributed by atoms with Crippen molar-refractivity contribution in [2.24, 2.45) is 5.73 Å². The summed E-state index contributed by atoms with van der Waals surface area (Å²) in [5, 5.41) is 2.24. The fourth-order valence-electron chi connectivity index (χ4n) is 3.32. The molecule has 2 nitrogen and oxygen atoms in total. The van der Waals surface area contributed by atoms with Crippen LogP contribution in [0.15, 0.2) is 11.4 Å². The lowest BCUT2D eigenvalue weighted by molar-refractivity contribution is 0.148. The molecule has 2 aliphatic rings. The molecule has 2 heterocycles. The van der Waals surface area contributed by atoms with Gasteiger partial charge in [0, 0.05) is 30.1 Å². The van der Waals surface area contributed by atoms with Crippen molar-refractivity contribution in [3.05, 3.63) is 21.9 Å². The molecule has 2 unspecified atom stereocenters. The van der Waals surface area contributed by atoms with Gasteiger partial charge in [0.05, 0.1) is 0 Å². The predicted octanol–water partition coefficient (Wildman–Crippen LogP) is 2.77. The maximum Gasteiger partial charge on any atom is 0.0250 e. The Morgan fingerprint density at radius 1 is 1.24 bits per heavy atom. The topological polar surface area (TPSA) is 29.3 Å². The molecular weight excluding hydrogens is 228 g/mol. The summed E-state index contributed by atoms with van der Waals surface area (Å²) in [6.07, 6.45) is 7.83. The summed E-state index contributed by atoms with van der Waals surface area (Å²) < 4.78 is 0. The summed E-state index contributed by atoms with van der Waals surface area (Å²) in [5.41, 5.74) is 7.92. The Morgan fingerprint density at radius 3 is 3.06 bits per heavy atom. The number of fused-ring (bicyclic) bond motifs is 1. The minimum atomic E-state index is 0.401. The van der Waals surface area contributed by atoms with Crippen LogP contribution in [0.1, 0.15) is 42.5 Å². The molecule has 0 saturated heterocycles. The molecule has 0 bridgehead atoms. The third kappa shape index (κ3) is 2.42. The first-order valence-corrected chi connectivity index (χ1v) is 7.77. The van der Waals surface area contributed by atoms with Crippen LogP contribution in [-0.4, -0.2) is 23.5 Å². The molecular formula is C14H22N2S. The molecule has 0 spiro atoms. The number of thiophene rings is 1. The number of nitrogens with two attached hydrogens (primary N) is 1. The van der Waals surface area contributed by atoms with Gasteiger partial charge in [0.25, 0.3) is 0 Å². The Bertz CT molecular complexity index is 374. The molecule has 2 atom stereocenters. The average Bonchev–Trinajstić information content (AvgIpc) is 2.70. The highest BCUT2D eigenvalue weighted by molar-refractivity contribution is 7.10. The highest BCUT2D eigenvalue weighted by atomic mass is 32.1. The van der Waals surface area contributed by atoms with E-state index in [1.54, 1.807) is 10.4 Å². The van der Waals surface area contributed by atoms with Crippen molar-refractivity contribution in [2.75, 3.05) is 6.54 Å². The maximum atomic E-state index is 6.37. The van der Waals surface area contributed by atoms with Gasteiger partial charge in [-0.1, -0.05) is 19.3 Å². The normalized spacial score (nSPS) is 30.9. The summed E-state index contributed by atoms with van der Waals surface area (Å²) in [4.78, 5) is 4.24. The first-order chi connectivity index (χ1) is 8.34. The first-order valence-electron chi connectivity index (χ1n) is 6.89. The number of rotatable bonds is 1. The molecule has 1 aliphatic heterocycles. The summed E-state index contributed by atoms with van der Waals surface area (Å²) in [6.45, 7) is 2.35. The molecule has 1 aromatic rings. The lowest BCUT2D eigenvalue weighted by atomic mass is 9.99. The second-order valence-corrected chi connectivity index (χ2v) is 6.46. The summed E-state index contributed by atoms with van der Waals surface area (Å²) >= 11 is 1.92. The number of hydrogen-bond acceptors (Lipinski definition) is 3. The Labute approximate surface area is 108 Å². The van der Waals surface area contributed by atoms with E-state index in [-0.39, 0.29) is 0 Å². The number of hydrogen-bond donors (Lipinski definition) is 1. The van der Waals surface area contributed by atoms with E-state index in [0.29, 0.717) is 12.1 Å². The number of nitrogens with zero attached hydrogens (tertiary/aromatic N) is 1. The van der Waals surface area contributed by atoms with Gasteiger partial charge in [-0.05, 0) is 36.3 Å². The lowest BCUT2D eigenvalue weighted by Gasteiger charge is -2.37. The van der Waals surface area contributed by atoms with E-state index in [1.165, 1.54) is 45.1 Å². The fourth-order valence-corrected chi connectivity index (χ4v) is 4.21. The predicted molar refractivity (Wildman–Crippen MR) is 73.3 cm³/mol. The van der Waals surface area contributed by atoms with Gasteiger partial charge in [-0.3, -0.25) is 4.90 Å². The van der Waals surface area contributed by atoms with Crippen LogP contribution < -0.4 is 5.73 Å². The van der Waals surface area contributed by atoms with Crippen molar-refractivity contribution < 1.29 is 0 Å². The van der Waals surface area contributed by atoms with E-state index in [9.17, 15) is 0 Å². The van der Waals surface area contributed by atoms with E-state index in [0.717, 1.165) is 6.54 Å². The average molecular weight is 250 g/mol. The molecule has 94 valence electrons. The Kier molecular flexibility index (Phi) is 3.50. The van der Waals surface area contributed by atoms with Gasteiger partial charge in [0.1, 0.15) is 0 Å². The van der Waals surface area contributed by atoms with Crippen LogP contribution in [0.25, 0.3) is 0 Å². The molecule has 1 saturated carbocycles. The molecule has 0 radical (unpaired) electrons. The van der Waals surface area contributed by atoms with Gasteiger partial charge in [-0.25, -0.2) is 0 Å². The van der Waals surface area contributed by atoms with Crippen LogP contribution in [0.5, 0.6) is 0 Å². The zero-order valence-electron chi connectivity index (χ0n) is 10.4. The van der Waals surface area contributed by atoms with Crippen molar-refractivity contribution in [3.8, 4) is 0 Å². The van der Waals surface area contributed by atoms with Gasteiger partial charge in [-0.2, -0.15) is 0 Å². The third-order valence-corrected chi connectivity index (χ3v) is 5.36. The van der Waals surface area contributed by atoms with Gasteiger partial charge in [-0.15, -0.1) is 11.3 Å². The quantitative estimate of drug-likeness (QED) is 0.777. The van der Waals surface area contributed by atoms with Crippen LogP contribution >= 0.6 is 11.3 Å². The molecule has 3 rings (SSSR count). The van der Waals surface area contributed by atoms with E-state index >= 15 is 0 Å². The summed E-state index contributed by atoms with van der Waals surface area (Å²) in [5.74, 6) is 0. The highest BCUT2D eigenvalue weighted by Gasteiger charge is 2.29. The monoisotopic (exact) mass is 250 g/mol. The fraction of sp³-hybridized carbons (Fsp3) is 0.714. The molecule has 2 N–H and O–H groups in total. The van der Waals surface area contributed by atoms with Gasteiger partial charge in [0.15, 0.2) is 0 Å². The van der Waals surface area contributed by atoms with E-state index in [1.807, 2.05) is 11.3 Å². The third-order valence-electron chi connectivity index (χ3n) is 4.34. The zero-order valence-corrected chi connectivity index (χ0v) is 11.2. The van der Waals surface area contributed by atoms with E-state index in [2.05, 4.69) is 16.3 Å². The second-order valence-electron chi connectivity index (χ2n) is 5.46. The second kappa shape index (κ2) is 5.09. The van der Waals surface area contributed by atoms with E-state index in [4.69, 9.17) is 5.73 Å². The smallest absolute Gasteiger partial charge is 0.0250 e. The molecule has 1 aliphatic carbocycles. The molecule has 0 aromatic carbocycles. The van der Waals surface area contributed by atoms with Crippen LogP contribution in [-0.2, 0) is 13.0 Å². The molecule has 17 heavy (non-hydrogen) atoms. The first kappa shape index (κ1) is 11.7. The minimum absolute atomic E-state index is 0.401. The Balaban J connectivity index is 1.72.